The van der Waals surface area contributed by atoms with Crippen LogP contribution < -0.4 is 10.1 Å². The summed E-state index contributed by atoms with van der Waals surface area (Å²) in [4.78, 5) is 12.2. The van der Waals surface area contributed by atoms with Gasteiger partial charge in [-0.2, -0.15) is 0 Å². The molecule has 1 aromatic heterocycles. The van der Waals surface area contributed by atoms with E-state index in [1.807, 2.05) is 30.3 Å². The van der Waals surface area contributed by atoms with E-state index < -0.39 is 0 Å². The highest BCUT2D eigenvalue weighted by Gasteiger charge is 2.24. The van der Waals surface area contributed by atoms with E-state index in [0.29, 0.717) is 33.4 Å². The average Bonchev–Trinajstić information content (AvgIpc) is 3.08. The number of furan rings is 1. The molecule has 1 amide bonds. The molecule has 1 N–H and O–H groups in total. The van der Waals surface area contributed by atoms with Crippen LogP contribution in [0.2, 0.25) is 5.02 Å². The van der Waals surface area contributed by atoms with Gasteiger partial charge in [0.25, 0.3) is 5.91 Å². The Hall–Kier alpha value is -2.72. The van der Waals surface area contributed by atoms with E-state index in [4.69, 9.17) is 20.8 Å². The van der Waals surface area contributed by atoms with Gasteiger partial charge in [-0.1, -0.05) is 29.8 Å². The van der Waals surface area contributed by atoms with Gasteiger partial charge in [0.05, 0.1) is 18.4 Å². The van der Waals surface area contributed by atoms with Crippen LogP contribution in [0.25, 0.3) is 22.6 Å². The molecule has 114 valence electrons. The Balaban J connectivity index is 1.84. The molecule has 4 rings (SSSR count). The number of halogens is 1. The van der Waals surface area contributed by atoms with Crippen molar-refractivity contribution in [2.75, 3.05) is 12.4 Å². The van der Waals surface area contributed by atoms with Crippen LogP contribution in [0.1, 0.15) is 11.3 Å². The molecule has 0 bridgehead atoms. The van der Waals surface area contributed by atoms with E-state index >= 15 is 0 Å². The first kappa shape index (κ1) is 13.9. The third-order valence-corrected chi connectivity index (χ3v) is 4.03. The van der Waals surface area contributed by atoms with Crippen LogP contribution in [0.15, 0.2) is 46.9 Å². The Labute approximate surface area is 137 Å². The summed E-state index contributed by atoms with van der Waals surface area (Å²) in [6.07, 6.45) is 1.73. The number of methoxy groups -OCH3 is 1. The predicted molar refractivity (Wildman–Crippen MR) is 90.7 cm³/mol. The molecule has 3 aromatic rings. The Bertz CT molecular complexity index is 972. The number of fused-ring (bicyclic) bond motifs is 2. The molecule has 23 heavy (non-hydrogen) atoms. The van der Waals surface area contributed by atoms with Crippen molar-refractivity contribution in [1.29, 1.82) is 0 Å². The highest BCUT2D eigenvalue weighted by molar-refractivity contribution is 6.36. The lowest BCUT2D eigenvalue weighted by atomic mass is 10.1. The molecule has 0 saturated carbocycles. The number of benzene rings is 2. The fourth-order valence-corrected chi connectivity index (χ4v) is 2.91. The lowest BCUT2D eigenvalue weighted by molar-refractivity contribution is -0.110. The number of rotatable bonds is 2. The maximum absolute atomic E-state index is 12.2. The van der Waals surface area contributed by atoms with Crippen molar-refractivity contribution in [3.8, 4) is 5.75 Å². The highest BCUT2D eigenvalue weighted by Crippen LogP contribution is 2.36. The van der Waals surface area contributed by atoms with Crippen molar-refractivity contribution in [1.82, 2.24) is 0 Å². The number of carbonyl (C=O) groups excluding carboxylic acids is 1. The summed E-state index contributed by atoms with van der Waals surface area (Å²) >= 11 is 5.96. The summed E-state index contributed by atoms with van der Waals surface area (Å²) in [7, 11) is 1.60. The molecule has 0 spiro atoms. The number of para-hydroxylation sites is 1. The first-order valence-electron chi connectivity index (χ1n) is 7.05. The summed E-state index contributed by atoms with van der Waals surface area (Å²) < 4.78 is 11.1. The number of nitrogens with one attached hydrogen (secondary N) is 1. The molecule has 0 radical (unpaired) electrons. The van der Waals surface area contributed by atoms with E-state index in [9.17, 15) is 4.79 Å². The zero-order valence-corrected chi connectivity index (χ0v) is 13.0. The number of amides is 1. The van der Waals surface area contributed by atoms with Gasteiger partial charge in [-0.15, -0.1) is 0 Å². The molecule has 1 aliphatic rings. The largest absolute Gasteiger partial charge is 0.493 e. The van der Waals surface area contributed by atoms with E-state index in [1.165, 1.54) is 0 Å². The van der Waals surface area contributed by atoms with Gasteiger partial charge in [-0.25, -0.2) is 0 Å². The Morgan fingerprint density at radius 2 is 2.09 bits per heavy atom. The summed E-state index contributed by atoms with van der Waals surface area (Å²) in [5.41, 5.74) is 2.74. The molecule has 2 aromatic carbocycles. The van der Waals surface area contributed by atoms with Crippen LogP contribution in [-0.4, -0.2) is 13.0 Å². The lowest BCUT2D eigenvalue weighted by Gasteiger charge is -1.99. The molecule has 5 heteroatoms. The second-order valence-corrected chi connectivity index (χ2v) is 5.67. The molecule has 0 unspecified atom stereocenters. The SMILES string of the molecule is COc1cccc2cc(/C=C3/C(=O)Nc4cc(Cl)ccc43)oc12. The van der Waals surface area contributed by atoms with Crippen LogP contribution in [0.3, 0.4) is 0 Å². The highest BCUT2D eigenvalue weighted by atomic mass is 35.5. The monoisotopic (exact) mass is 325 g/mol. The molecular weight excluding hydrogens is 314 g/mol. The standard InChI is InChI=1S/C18H12ClNO3/c1-22-16-4-2-3-10-7-12(23-17(10)16)9-14-13-6-5-11(19)8-15(13)20-18(14)21/h2-9H,1H3,(H,20,21)/b14-9+. The number of hydrogen-bond acceptors (Lipinski definition) is 3. The fourth-order valence-electron chi connectivity index (χ4n) is 2.74. The van der Waals surface area contributed by atoms with Crippen LogP contribution in [0, 0.1) is 0 Å². The predicted octanol–water partition coefficient (Wildman–Crippen LogP) is 4.59. The van der Waals surface area contributed by atoms with Crippen molar-refractivity contribution in [2.45, 2.75) is 0 Å². The third kappa shape index (κ3) is 2.28. The molecule has 0 saturated heterocycles. The van der Waals surface area contributed by atoms with Crippen LogP contribution in [0.5, 0.6) is 5.75 Å². The third-order valence-electron chi connectivity index (χ3n) is 3.80. The van der Waals surface area contributed by atoms with Gasteiger partial charge in [0.15, 0.2) is 11.3 Å². The first-order chi connectivity index (χ1) is 11.2. The second kappa shape index (κ2) is 5.18. The van der Waals surface area contributed by atoms with Crippen LogP contribution >= 0.6 is 11.6 Å². The minimum absolute atomic E-state index is 0.172. The minimum atomic E-state index is -0.172. The van der Waals surface area contributed by atoms with Crippen LogP contribution in [0.4, 0.5) is 5.69 Å². The minimum Gasteiger partial charge on any atom is -0.493 e. The van der Waals surface area contributed by atoms with E-state index in [-0.39, 0.29) is 5.91 Å². The summed E-state index contributed by atoms with van der Waals surface area (Å²) in [5.74, 6) is 1.09. The van der Waals surface area contributed by atoms with E-state index in [2.05, 4.69) is 5.32 Å². The average molecular weight is 326 g/mol. The zero-order valence-electron chi connectivity index (χ0n) is 12.2. The van der Waals surface area contributed by atoms with Gasteiger partial charge < -0.3 is 14.5 Å². The van der Waals surface area contributed by atoms with Gasteiger partial charge in [-0.3, -0.25) is 4.79 Å². The molecule has 2 heterocycles. The molecule has 0 fully saturated rings. The Kier molecular flexibility index (Phi) is 3.13. The maximum Gasteiger partial charge on any atom is 0.256 e. The van der Waals surface area contributed by atoms with Crippen molar-refractivity contribution < 1.29 is 13.9 Å². The van der Waals surface area contributed by atoms with Gasteiger partial charge in [0, 0.05) is 16.0 Å². The van der Waals surface area contributed by atoms with Crippen LogP contribution in [-0.2, 0) is 4.79 Å². The number of anilines is 1. The summed E-state index contributed by atoms with van der Waals surface area (Å²) in [5, 5.41) is 4.31. The normalized spacial score (nSPS) is 15.0. The number of ether oxygens (including phenoxy) is 1. The Morgan fingerprint density at radius 3 is 2.91 bits per heavy atom. The van der Waals surface area contributed by atoms with Gasteiger partial charge in [0.2, 0.25) is 0 Å². The van der Waals surface area contributed by atoms with Gasteiger partial charge >= 0.3 is 0 Å². The van der Waals surface area contributed by atoms with Crippen molar-refractivity contribution in [3.05, 3.63) is 58.8 Å². The summed E-state index contributed by atoms with van der Waals surface area (Å²) in [6.45, 7) is 0. The number of hydrogen-bond donors (Lipinski definition) is 1. The summed E-state index contributed by atoms with van der Waals surface area (Å²) in [6, 6.07) is 12.9. The van der Waals surface area contributed by atoms with Crippen molar-refractivity contribution in [3.63, 3.8) is 0 Å². The zero-order chi connectivity index (χ0) is 16.0. The molecule has 0 atom stereocenters. The lowest BCUT2D eigenvalue weighted by Crippen LogP contribution is -2.03. The van der Waals surface area contributed by atoms with E-state index in [0.717, 1.165) is 10.9 Å². The molecule has 0 aliphatic carbocycles. The fraction of sp³-hybridized carbons (Fsp3) is 0.0556. The van der Waals surface area contributed by atoms with Gasteiger partial charge in [-0.05, 0) is 30.3 Å². The molecule has 1 aliphatic heterocycles. The number of carbonyl (C=O) groups is 1. The van der Waals surface area contributed by atoms with E-state index in [1.54, 1.807) is 25.3 Å². The first-order valence-corrected chi connectivity index (χ1v) is 7.43. The maximum atomic E-state index is 12.2. The quantitative estimate of drug-likeness (QED) is 0.701. The second-order valence-electron chi connectivity index (χ2n) is 5.23. The van der Waals surface area contributed by atoms with Crippen molar-refractivity contribution >= 4 is 45.8 Å². The Morgan fingerprint density at radius 1 is 1.22 bits per heavy atom. The molecule has 4 nitrogen and oxygen atoms in total. The van der Waals surface area contributed by atoms with Crippen molar-refractivity contribution in [2.24, 2.45) is 0 Å². The topological polar surface area (TPSA) is 51.5 Å². The van der Waals surface area contributed by atoms with Gasteiger partial charge in [0.1, 0.15) is 5.76 Å². The smallest absolute Gasteiger partial charge is 0.256 e. The molecular formula is C18H12ClNO3.